The molecule has 2 heterocycles. The predicted molar refractivity (Wildman–Crippen MR) is 98.4 cm³/mol. The quantitative estimate of drug-likeness (QED) is 0.727. The number of ether oxygens (including phenoxy) is 1. The minimum absolute atomic E-state index is 0.0467. The van der Waals surface area contributed by atoms with Crippen LogP contribution in [0.3, 0.4) is 0 Å². The van der Waals surface area contributed by atoms with Crippen LogP contribution in [0.5, 0.6) is 0 Å². The highest BCUT2D eigenvalue weighted by molar-refractivity contribution is 7.91. The Morgan fingerprint density at radius 2 is 1.93 bits per heavy atom. The van der Waals surface area contributed by atoms with Crippen LogP contribution in [0.2, 0.25) is 0 Å². The molecule has 1 aliphatic heterocycles. The van der Waals surface area contributed by atoms with Crippen molar-refractivity contribution in [2.75, 3.05) is 29.2 Å². The van der Waals surface area contributed by atoms with Gasteiger partial charge in [-0.3, -0.25) is 4.79 Å². The second-order valence-electron chi connectivity index (χ2n) is 6.06. The lowest BCUT2D eigenvalue weighted by molar-refractivity contribution is 0.0600. The van der Waals surface area contributed by atoms with Crippen molar-refractivity contribution in [3.8, 4) is 0 Å². The second kappa shape index (κ2) is 7.70. The Kier molecular flexibility index (Phi) is 5.36. The van der Waals surface area contributed by atoms with Crippen molar-refractivity contribution in [2.45, 2.75) is 12.5 Å². The molecule has 27 heavy (non-hydrogen) atoms. The van der Waals surface area contributed by atoms with Crippen LogP contribution in [0.25, 0.3) is 0 Å². The number of aromatic nitrogens is 2. The molecule has 2 aromatic rings. The number of anilines is 2. The minimum Gasteiger partial charge on any atom is -0.465 e. The summed E-state index contributed by atoms with van der Waals surface area (Å²) < 4.78 is 27.7. The van der Waals surface area contributed by atoms with Crippen LogP contribution < -0.4 is 10.6 Å². The second-order valence-corrected chi connectivity index (χ2v) is 8.28. The van der Waals surface area contributed by atoms with Crippen LogP contribution in [0.4, 0.5) is 11.5 Å². The van der Waals surface area contributed by atoms with Crippen LogP contribution in [-0.2, 0) is 14.6 Å². The largest absolute Gasteiger partial charge is 0.465 e. The van der Waals surface area contributed by atoms with Crippen LogP contribution in [0.15, 0.2) is 36.7 Å². The Morgan fingerprint density at radius 3 is 2.56 bits per heavy atom. The highest BCUT2D eigenvalue weighted by Gasteiger charge is 2.28. The molecule has 1 aliphatic rings. The number of carbonyl (C=O) groups excluding carboxylic acids is 2. The number of amides is 1. The number of benzene rings is 1. The third-order valence-electron chi connectivity index (χ3n) is 4.05. The van der Waals surface area contributed by atoms with E-state index in [1.54, 1.807) is 12.1 Å². The molecule has 1 aromatic heterocycles. The van der Waals surface area contributed by atoms with Crippen molar-refractivity contribution in [3.63, 3.8) is 0 Å². The monoisotopic (exact) mass is 390 g/mol. The molecule has 2 N–H and O–H groups in total. The van der Waals surface area contributed by atoms with E-state index in [9.17, 15) is 18.0 Å². The minimum atomic E-state index is -3.01. The van der Waals surface area contributed by atoms with E-state index in [1.165, 1.54) is 31.6 Å². The zero-order valence-corrected chi connectivity index (χ0v) is 15.3. The van der Waals surface area contributed by atoms with Crippen molar-refractivity contribution >= 4 is 33.2 Å². The molecule has 1 amide bonds. The first kappa shape index (κ1) is 18.8. The SMILES string of the molecule is COC(=O)c1ccc(NC(=O)c2cc(NC3CCS(=O)(=O)C3)ncn2)cc1. The molecule has 0 aliphatic carbocycles. The van der Waals surface area contributed by atoms with E-state index in [1.807, 2.05) is 0 Å². The third kappa shape index (κ3) is 4.79. The van der Waals surface area contributed by atoms with Crippen LogP contribution >= 0.6 is 0 Å². The van der Waals surface area contributed by atoms with Gasteiger partial charge in [0.25, 0.3) is 5.91 Å². The molecule has 1 aromatic carbocycles. The molecule has 0 saturated carbocycles. The summed E-state index contributed by atoms with van der Waals surface area (Å²) in [4.78, 5) is 31.8. The van der Waals surface area contributed by atoms with Crippen molar-refractivity contribution < 1.29 is 22.7 Å². The molecular formula is C17H18N4O5S. The smallest absolute Gasteiger partial charge is 0.337 e. The maximum absolute atomic E-state index is 12.4. The molecule has 1 atom stereocenters. The summed E-state index contributed by atoms with van der Waals surface area (Å²) in [5.41, 5.74) is 0.989. The van der Waals surface area contributed by atoms with Crippen LogP contribution in [0, 0.1) is 0 Å². The number of nitrogens with one attached hydrogen (secondary N) is 2. The predicted octanol–water partition coefficient (Wildman–Crippen LogP) is 1.11. The molecule has 0 spiro atoms. The average molecular weight is 390 g/mol. The summed E-state index contributed by atoms with van der Waals surface area (Å²) in [5.74, 6) is -0.340. The van der Waals surface area contributed by atoms with Crippen LogP contribution in [0.1, 0.15) is 27.3 Å². The van der Waals surface area contributed by atoms with Gasteiger partial charge in [-0.25, -0.2) is 23.2 Å². The number of hydrogen-bond acceptors (Lipinski definition) is 8. The number of carbonyl (C=O) groups is 2. The lowest BCUT2D eigenvalue weighted by Gasteiger charge is -2.12. The van der Waals surface area contributed by atoms with E-state index in [0.717, 1.165) is 0 Å². The molecule has 10 heteroatoms. The fourth-order valence-electron chi connectivity index (χ4n) is 2.68. The Labute approximate surface area is 156 Å². The van der Waals surface area contributed by atoms with E-state index in [0.29, 0.717) is 23.5 Å². The van der Waals surface area contributed by atoms with Gasteiger partial charge in [-0.2, -0.15) is 0 Å². The highest BCUT2D eigenvalue weighted by atomic mass is 32.2. The topological polar surface area (TPSA) is 127 Å². The molecule has 9 nitrogen and oxygen atoms in total. The molecular weight excluding hydrogens is 372 g/mol. The van der Waals surface area contributed by atoms with Crippen molar-refractivity contribution in [1.29, 1.82) is 0 Å². The van der Waals surface area contributed by atoms with Gasteiger partial charge in [0.15, 0.2) is 9.84 Å². The Hall–Kier alpha value is -3.01. The fourth-order valence-corrected chi connectivity index (χ4v) is 4.35. The van der Waals surface area contributed by atoms with Crippen molar-refractivity contribution in [1.82, 2.24) is 9.97 Å². The Balaban J connectivity index is 1.66. The summed E-state index contributed by atoms with van der Waals surface area (Å²) in [7, 11) is -1.72. The maximum atomic E-state index is 12.4. The summed E-state index contributed by atoms with van der Waals surface area (Å²) in [6, 6.07) is 7.46. The van der Waals surface area contributed by atoms with Gasteiger partial charge in [-0.05, 0) is 30.7 Å². The first-order valence-corrected chi connectivity index (χ1v) is 9.97. The first-order chi connectivity index (χ1) is 12.9. The molecule has 1 unspecified atom stereocenters. The molecule has 142 valence electrons. The van der Waals surface area contributed by atoms with Crippen molar-refractivity contribution in [3.05, 3.63) is 47.9 Å². The normalized spacial score (nSPS) is 17.9. The summed E-state index contributed by atoms with van der Waals surface area (Å²) in [6.07, 6.45) is 1.74. The standard InChI is InChI=1S/C17H18N4O5S/c1-26-17(23)11-2-4-12(5-3-11)21-16(22)14-8-15(19-10-18-14)20-13-6-7-27(24,25)9-13/h2-5,8,10,13H,6-7,9H2,1H3,(H,21,22)(H,18,19,20). The number of rotatable bonds is 5. The molecule has 0 bridgehead atoms. The van der Waals surface area contributed by atoms with Gasteiger partial charge in [-0.15, -0.1) is 0 Å². The maximum Gasteiger partial charge on any atom is 0.337 e. The highest BCUT2D eigenvalue weighted by Crippen LogP contribution is 2.17. The van der Waals surface area contributed by atoms with E-state index < -0.39 is 21.7 Å². The van der Waals surface area contributed by atoms with Gasteiger partial charge in [0.2, 0.25) is 0 Å². The van der Waals surface area contributed by atoms with Gasteiger partial charge in [0, 0.05) is 17.8 Å². The summed E-state index contributed by atoms with van der Waals surface area (Å²) in [6.45, 7) is 0. The number of nitrogens with zero attached hydrogens (tertiary/aromatic N) is 2. The Morgan fingerprint density at radius 1 is 1.19 bits per heavy atom. The third-order valence-corrected chi connectivity index (χ3v) is 5.82. The van der Waals surface area contributed by atoms with Gasteiger partial charge in [-0.1, -0.05) is 0 Å². The Bertz CT molecular complexity index is 960. The molecule has 1 fully saturated rings. The lowest BCUT2D eigenvalue weighted by atomic mass is 10.2. The van der Waals surface area contributed by atoms with Crippen molar-refractivity contribution in [2.24, 2.45) is 0 Å². The van der Waals surface area contributed by atoms with Gasteiger partial charge >= 0.3 is 5.97 Å². The zero-order valence-electron chi connectivity index (χ0n) is 14.5. The van der Waals surface area contributed by atoms with E-state index in [4.69, 9.17) is 0 Å². The van der Waals surface area contributed by atoms with Gasteiger partial charge in [0.1, 0.15) is 17.8 Å². The lowest BCUT2D eigenvalue weighted by Crippen LogP contribution is -2.22. The number of hydrogen-bond donors (Lipinski definition) is 2. The van der Waals surface area contributed by atoms with Gasteiger partial charge in [0.05, 0.1) is 24.2 Å². The first-order valence-electron chi connectivity index (χ1n) is 8.15. The summed E-state index contributed by atoms with van der Waals surface area (Å²) >= 11 is 0. The van der Waals surface area contributed by atoms with E-state index in [2.05, 4.69) is 25.3 Å². The van der Waals surface area contributed by atoms with E-state index in [-0.39, 0.29) is 23.2 Å². The molecule has 3 rings (SSSR count). The van der Waals surface area contributed by atoms with Gasteiger partial charge < -0.3 is 15.4 Å². The van der Waals surface area contributed by atoms with Crippen LogP contribution in [-0.4, -0.2) is 54.9 Å². The zero-order chi connectivity index (χ0) is 19.4. The molecule has 0 radical (unpaired) electrons. The average Bonchev–Trinajstić information content (AvgIpc) is 3.00. The molecule has 1 saturated heterocycles. The van der Waals surface area contributed by atoms with E-state index >= 15 is 0 Å². The summed E-state index contributed by atoms with van der Waals surface area (Å²) in [5, 5.41) is 5.69. The fraction of sp³-hybridized carbons (Fsp3) is 0.294. The number of methoxy groups -OCH3 is 1. The number of esters is 1. The number of sulfone groups is 1.